The zero-order valence-electron chi connectivity index (χ0n) is 15.3. The van der Waals surface area contributed by atoms with Crippen LogP contribution in [0.5, 0.6) is 0 Å². The molecule has 0 atom stereocenters. The van der Waals surface area contributed by atoms with Crippen molar-refractivity contribution in [3.05, 3.63) is 12.2 Å². The Labute approximate surface area is 144 Å². The van der Waals surface area contributed by atoms with Crippen molar-refractivity contribution >= 4 is 0 Å². The van der Waals surface area contributed by atoms with Gasteiger partial charge in [0.25, 0.3) is 0 Å². The maximum Gasteiger partial charge on any atom is 0.0908 e. The summed E-state index contributed by atoms with van der Waals surface area (Å²) in [6, 6.07) is 2.13. The zero-order valence-corrected chi connectivity index (χ0v) is 15.3. The van der Waals surface area contributed by atoms with E-state index in [4.69, 9.17) is 5.26 Å². The molecule has 0 aromatic carbocycles. The van der Waals surface area contributed by atoms with E-state index in [1.54, 1.807) is 6.08 Å². The Morgan fingerprint density at radius 2 is 1.30 bits per heavy atom. The van der Waals surface area contributed by atoms with Crippen LogP contribution in [-0.2, 0) is 0 Å². The quantitative estimate of drug-likeness (QED) is 0.348. The minimum atomic E-state index is 0.685. The van der Waals surface area contributed by atoms with E-state index in [2.05, 4.69) is 19.1 Å². The first-order valence-electron chi connectivity index (χ1n) is 10.4. The SMILES string of the molecule is CCCCC[C@H]1CC[C@H](CC[C@H]2CC[C@H](/C=C/C#N)CC2)CC1. The van der Waals surface area contributed by atoms with Crippen LogP contribution >= 0.6 is 0 Å². The van der Waals surface area contributed by atoms with Crippen LogP contribution in [0.15, 0.2) is 12.2 Å². The highest BCUT2D eigenvalue weighted by atomic mass is 14.3. The topological polar surface area (TPSA) is 23.8 Å². The molecular weight excluding hydrogens is 278 g/mol. The molecule has 0 spiro atoms. The van der Waals surface area contributed by atoms with Gasteiger partial charge in [-0.1, -0.05) is 77.2 Å². The average molecular weight is 316 g/mol. The second kappa shape index (κ2) is 10.9. The second-order valence-electron chi connectivity index (χ2n) is 8.23. The molecular formula is C22H37N. The van der Waals surface area contributed by atoms with E-state index < -0.39 is 0 Å². The second-order valence-corrected chi connectivity index (χ2v) is 8.23. The third-order valence-electron chi connectivity index (χ3n) is 6.50. The van der Waals surface area contributed by atoms with Crippen LogP contribution in [-0.4, -0.2) is 0 Å². The summed E-state index contributed by atoms with van der Waals surface area (Å²) in [5.74, 6) is 3.75. The molecule has 2 aliphatic rings. The Balaban J connectivity index is 1.54. The summed E-state index contributed by atoms with van der Waals surface area (Å²) in [4.78, 5) is 0. The summed E-state index contributed by atoms with van der Waals surface area (Å²) < 4.78 is 0. The lowest BCUT2D eigenvalue weighted by Crippen LogP contribution is -2.17. The fourth-order valence-electron chi connectivity index (χ4n) is 4.81. The highest BCUT2D eigenvalue weighted by Gasteiger charge is 2.23. The van der Waals surface area contributed by atoms with Crippen molar-refractivity contribution in [3.8, 4) is 6.07 Å². The number of hydrogen-bond acceptors (Lipinski definition) is 1. The first-order chi connectivity index (χ1) is 11.3. The third kappa shape index (κ3) is 7.11. The van der Waals surface area contributed by atoms with Crippen molar-refractivity contribution in [2.24, 2.45) is 23.7 Å². The predicted octanol–water partition coefficient (Wildman–Crippen LogP) is 7.04. The highest BCUT2D eigenvalue weighted by molar-refractivity contribution is 5.04. The van der Waals surface area contributed by atoms with Gasteiger partial charge in [0.05, 0.1) is 6.07 Å². The molecule has 0 N–H and O–H groups in total. The summed E-state index contributed by atoms with van der Waals surface area (Å²) in [5.41, 5.74) is 0. The zero-order chi connectivity index (χ0) is 16.3. The van der Waals surface area contributed by atoms with Gasteiger partial charge in [0, 0.05) is 6.08 Å². The molecule has 0 aromatic rings. The molecule has 1 heteroatoms. The summed E-state index contributed by atoms with van der Waals surface area (Å²) in [7, 11) is 0. The van der Waals surface area contributed by atoms with Crippen LogP contribution in [0.3, 0.4) is 0 Å². The fourth-order valence-corrected chi connectivity index (χ4v) is 4.81. The van der Waals surface area contributed by atoms with Gasteiger partial charge in [0.15, 0.2) is 0 Å². The first kappa shape index (κ1) is 18.6. The number of unbranched alkanes of at least 4 members (excludes halogenated alkanes) is 2. The molecule has 0 bridgehead atoms. The van der Waals surface area contributed by atoms with Gasteiger partial charge in [-0.3, -0.25) is 0 Å². The van der Waals surface area contributed by atoms with Crippen molar-refractivity contribution in [2.75, 3.05) is 0 Å². The van der Waals surface area contributed by atoms with Gasteiger partial charge in [0.2, 0.25) is 0 Å². The molecule has 2 fully saturated rings. The third-order valence-corrected chi connectivity index (χ3v) is 6.50. The van der Waals surface area contributed by atoms with Crippen LogP contribution in [0.4, 0.5) is 0 Å². The van der Waals surface area contributed by atoms with E-state index in [1.807, 2.05) is 0 Å². The molecule has 0 aliphatic heterocycles. The van der Waals surface area contributed by atoms with E-state index in [1.165, 1.54) is 89.9 Å². The van der Waals surface area contributed by atoms with Crippen molar-refractivity contribution < 1.29 is 0 Å². The van der Waals surface area contributed by atoms with Gasteiger partial charge in [-0.15, -0.1) is 0 Å². The Morgan fingerprint density at radius 3 is 1.83 bits per heavy atom. The number of rotatable bonds is 8. The molecule has 130 valence electrons. The molecule has 23 heavy (non-hydrogen) atoms. The van der Waals surface area contributed by atoms with Crippen molar-refractivity contribution in [1.29, 1.82) is 5.26 Å². The van der Waals surface area contributed by atoms with E-state index in [-0.39, 0.29) is 0 Å². The number of allylic oxidation sites excluding steroid dienone is 2. The smallest absolute Gasteiger partial charge is 0.0908 e. The average Bonchev–Trinajstić information content (AvgIpc) is 2.60. The monoisotopic (exact) mass is 315 g/mol. The summed E-state index contributed by atoms with van der Waals surface area (Å²) in [5, 5.41) is 8.62. The summed E-state index contributed by atoms with van der Waals surface area (Å²) in [6.07, 6.45) is 24.0. The Hall–Kier alpha value is -0.770. The lowest BCUT2D eigenvalue weighted by atomic mass is 9.75. The lowest BCUT2D eigenvalue weighted by molar-refractivity contribution is 0.219. The number of nitrogens with zero attached hydrogens (tertiary/aromatic N) is 1. The maximum absolute atomic E-state index is 8.62. The first-order valence-corrected chi connectivity index (χ1v) is 10.4. The van der Waals surface area contributed by atoms with Gasteiger partial charge >= 0.3 is 0 Å². The normalized spacial score (nSPS) is 32.0. The molecule has 1 nitrogen and oxygen atoms in total. The number of nitriles is 1. The van der Waals surface area contributed by atoms with E-state index in [0.717, 1.165) is 17.8 Å². The van der Waals surface area contributed by atoms with E-state index in [9.17, 15) is 0 Å². The minimum absolute atomic E-state index is 0.685. The van der Waals surface area contributed by atoms with Crippen LogP contribution in [0.1, 0.15) is 96.8 Å². The molecule has 0 aromatic heterocycles. The molecule has 2 saturated carbocycles. The van der Waals surface area contributed by atoms with Crippen LogP contribution in [0.25, 0.3) is 0 Å². The van der Waals surface area contributed by atoms with Gasteiger partial charge in [-0.05, 0) is 49.4 Å². The number of hydrogen-bond donors (Lipinski definition) is 0. The van der Waals surface area contributed by atoms with Crippen molar-refractivity contribution in [2.45, 2.75) is 96.8 Å². The highest BCUT2D eigenvalue weighted by Crippen LogP contribution is 2.37. The van der Waals surface area contributed by atoms with E-state index in [0.29, 0.717) is 5.92 Å². The van der Waals surface area contributed by atoms with Crippen molar-refractivity contribution in [1.82, 2.24) is 0 Å². The van der Waals surface area contributed by atoms with Crippen LogP contribution < -0.4 is 0 Å². The van der Waals surface area contributed by atoms with Gasteiger partial charge in [0.1, 0.15) is 0 Å². The Morgan fingerprint density at radius 1 is 0.783 bits per heavy atom. The van der Waals surface area contributed by atoms with Crippen molar-refractivity contribution in [3.63, 3.8) is 0 Å². The van der Waals surface area contributed by atoms with Crippen LogP contribution in [0, 0.1) is 35.0 Å². The van der Waals surface area contributed by atoms with Gasteiger partial charge < -0.3 is 0 Å². The molecule has 0 radical (unpaired) electrons. The van der Waals surface area contributed by atoms with Crippen LogP contribution in [0.2, 0.25) is 0 Å². The molecule has 2 aliphatic carbocycles. The Kier molecular flexibility index (Phi) is 8.80. The summed E-state index contributed by atoms with van der Waals surface area (Å²) >= 11 is 0. The van der Waals surface area contributed by atoms with Gasteiger partial charge in [-0.25, -0.2) is 0 Å². The lowest BCUT2D eigenvalue weighted by Gasteiger charge is -2.31. The molecule has 0 saturated heterocycles. The molecule has 0 amide bonds. The van der Waals surface area contributed by atoms with Gasteiger partial charge in [-0.2, -0.15) is 5.26 Å². The minimum Gasteiger partial charge on any atom is -0.193 e. The maximum atomic E-state index is 8.62. The Bertz CT molecular complexity index is 362. The van der Waals surface area contributed by atoms with E-state index >= 15 is 0 Å². The predicted molar refractivity (Wildman–Crippen MR) is 99.0 cm³/mol. The fraction of sp³-hybridized carbons (Fsp3) is 0.864. The molecule has 2 rings (SSSR count). The largest absolute Gasteiger partial charge is 0.193 e. The molecule has 0 unspecified atom stereocenters. The standard InChI is InChI=1S/C22H37N/c1-2-3-4-6-19-8-12-21(13-9-19)16-17-22-14-10-20(11-15-22)7-5-18-23/h5,7,19-22H,2-4,6,8-17H2,1H3/b7-5+/t19-,20-,21-,22-. The molecule has 0 heterocycles. The summed E-state index contributed by atoms with van der Waals surface area (Å²) in [6.45, 7) is 2.31.